The van der Waals surface area contributed by atoms with Gasteiger partial charge in [-0.25, -0.2) is 9.78 Å². The van der Waals surface area contributed by atoms with Crippen LogP contribution < -0.4 is 10.4 Å². The normalized spacial score (nSPS) is 25.8. The molecule has 0 radical (unpaired) electrons. The van der Waals surface area contributed by atoms with E-state index >= 15 is 0 Å². The van der Waals surface area contributed by atoms with Crippen LogP contribution in [0, 0.1) is 0 Å². The van der Waals surface area contributed by atoms with Crippen LogP contribution in [0.5, 0.6) is 5.88 Å². The first-order chi connectivity index (χ1) is 25.9. The van der Waals surface area contributed by atoms with Crippen molar-refractivity contribution in [1.82, 2.24) is 9.97 Å². The number of fused-ring (bicyclic) bond motifs is 3. The van der Waals surface area contributed by atoms with Crippen molar-refractivity contribution in [3.05, 3.63) is 65.1 Å². The Hall–Kier alpha value is -3.70. The van der Waals surface area contributed by atoms with Gasteiger partial charge < -0.3 is 31.6 Å². The summed E-state index contributed by atoms with van der Waals surface area (Å²) >= 11 is 0. The number of aliphatic imine (C=N–C) groups is 1. The Morgan fingerprint density at radius 3 is 2.09 bits per heavy atom. The molecule has 6 unspecified atom stereocenters. The number of allylic oxidation sites excluding steroid dienone is 1. The average Bonchev–Trinajstić information content (AvgIpc) is 3.26. The van der Waals surface area contributed by atoms with E-state index < -0.39 is 22.7 Å². The van der Waals surface area contributed by atoms with Gasteiger partial charge in [0.25, 0.3) is 0 Å². The van der Waals surface area contributed by atoms with Crippen molar-refractivity contribution in [1.29, 1.82) is 0 Å². The molecule has 0 saturated carbocycles. The molecule has 3 aromatic rings. The maximum Gasteiger partial charge on any atom is 0.344 e. The van der Waals surface area contributed by atoms with Crippen LogP contribution in [0.25, 0.3) is 22.1 Å². The van der Waals surface area contributed by atoms with Crippen molar-refractivity contribution in [3.8, 4) is 17.0 Å². The van der Waals surface area contributed by atoms with Gasteiger partial charge in [0.2, 0.25) is 11.8 Å². The molecule has 14 heteroatoms. The predicted octanol–water partition coefficient (Wildman–Crippen LogP) is 8.78. The topological polar surface area (TPSA) is 141 Å². The van der Waals surface area contributed by atoms with Crippen LogP contribution in [-0.4, -0.2) is 71.4 Å². The van der Waals surface area contributed by atoms with Crippen LogP contribution in [0.3, 0.4) is 0 Å². The quantitative estimate of drug-likeness (QED) is 0.0306. The van der Waals surface area contributed by atoms with Gasteiger partial charge in [-0.1, -0.05) is 52.4 Å². The molecule has 2 bridgehead atoms. The van der Waals surface area contributed by atoms with E-state index in [0.29, 0.717) is 53.0 Å². The Labute approximate surface area is 321 Å². The van der Waals surface area contributed by atoms with Crippen molar-refractivity contribution < 1.29 is 36.4 Å². The molecule has 2 saturated heterocycles. The second-order valence-electron chi connectivity index (χ2n) is 14.6. The lowest BCUT2D eigenvalue weighted by Gasteiger charge is -2.35. The fourth-order valence-electron chi connectivity index (χ4n) is 7.41. The summed E-state index contributed by atoms with van der Waals surface area (Å²) in [6.45, 7) is 13.1. The van der Waals surface area contributed by atoms with Crippen LogP contribution >= 0.6 is 0 Å². The van der Waals surface area contributed by atoms with Gasteiger partial charge in [-0.2, -0.15) is 0 Å². The fraction of sp³-hybridized carbons (Fsp3) is 0.575. The summed E-state index contributed by atoms with van der Waals surface area (Å²) in [5, 5.41) is 0.735. The first-order valence-corrected chi connectivity index (χ1v) is 23.6. The van der Waals surface area contributed by atoms with Gasteiger partial charge >= 0.3 is 28.7 Å². The molecular formula is C40H57N3O9Si2. The first kappa shape index (κ1) is 41.5. The number of hydrogen-bond acceptors (Lipinski definition) is 12. The van der Waals surface area contributed by atoms with E-state index in [2.05, 4.69) is 42.7 Å². The summed E-state index contributed by atoms with van der Waals surface area (Å²) in [7, 11) is -3.31. The summed E-state index contributed by atoms with van der Waals surface area (Å²) in [4.78, 5) is 36.4. The third-order valence-corrected chi connectivity index (χ3v) is 21.2. The molecule has 6 atom stereocenters. The highest BCUT2D eigenvalue weighted by Crippen LogP contribution is 2.57. The molecule has 12 nitrogen and oxygen atoms in total. The van der Waals surface area contributed by atoms with Gasteiger partial charge in [0.1, 0.15) is 11.3 Å². The van der Waals surface area contributed by atoms with Crippen molar-refractivity contribution in [2.45, 2.75) is 128 Å². The molecule has 0 aromatic carbocycles. The summed E-state index contributed by atoms with van der Waals surface area (Å²) in [5.74, 6) is 0.996. The molecule has 3 aromatic heterocycles. The van der Waals surface area contributed by atoms with Crippen molar-refractivity contribution in [2.75, 3.05) is 20.3 Å². The minimum Gasteiger partial charge on any atom is -0.478 e. The maximum absolute atomic E-state index is 12.6. The van der Waals surface area contributed by atoms with Gasteiger partial charge in [-0.15, -0.1) is 0 Å². The minimum atomic E-state index is -2.49. The molecule has 294 valence electrons. The number of nitrogens with zero attached hydrogens (tertiary/aromatic N) is 3. The Morgan fingerprint density at radius 2 is 1.48 bits per heavy atom. The second kappa shape index (κ2) is 19.3. The summed E-state index contributed by atoms with van der Waals surface area (Å²) in [6, 6.07) is 8.99. The van der Waals surface area contributed by atoms with E-state index in [1.807, 2.05) is 0 Å². The average molecular weight is 780 g/mol. The molecule has 0 aliphatic carbocycles. The van der Waals surface area contributed by atoms with Gasteiger partial charge in [0.05, 0.1) is 31.0 Å². The van der Waals surface area contributed by atoms with Crippen LogP contribution in [0.2, 0.25) is 23.2 Å². The summed E-state index contributed by atoms with van der Waals surface area (Å²) in [5.41, 5.74) is 2.04. The SMILES string of the molecule is CN=C(/C=C(\C)OC(C)=O)OCCCCCC[Si]12OC(C)C(C)O[Si](CCCCCCOc3cc4oc(=O)c(-c5ccncc5)cc4cn3)(O1)C(C)C2C. The zero-order valence-corrected chi connectivity index (χ0v) is 34.9. The molecule has 2 aliphatic rings. The number of aromatic nitrogens is 2. The van der Waals surface area contributed by atoms with E-state index in [1.165, 1.54) is 6.92 Å². The Balaban J connectivity index is 1.05. The lowest BCUT2D eigenvalue weighted by Crippen LogP contribution is -2.46. The molecular weight excluding hydrogens is 723 g/mol. The van der Waals surface area contributed by atoms with E-state index in [1.54, 1.807) is 62.9 Å². The molecule has 0 spiro atoms. The Kier molecular flexibility index (Phi) is 14.8. The van der Waals surface area contributed by atoms with Crippen LogP contribution in [0.1, 0.15) is 92.9 Å². The fourth-order valence-corrected chi connectivity index (χ4v) is 20.2. The third-order valence-electron chi connectivity index (χ3n) is 10.7. The number of pyridine rings is 2. The molecule has 0 amide bonds. The molecule has 2 fully saturated rings. The number of rotatable bonds is 18. The highest BCUT2D eigenvalue weighted by Gasteiger charge is 2.67. The number of esters is 1. The van der Waals surface area contributed by atoms with E-state index in [-0.39, 0.29) is 18.2 Å². The molecule has 54 heavy (non-hydrogen) atoms. The smallest absolute Gasteiger partial charge is 0.344 e. The summed E-state index contributed by atoms with van der Waals surface area (Å²) < 4.78 is 43.5. The number of unbranched alkanes of at least 4 members (excludes halogenated alkanes) is 6. The van der Waals surface area contributed by atoms with Crippen LogP contribution in [-0.2, 0) is 27.2 Å². The first-order valence-electron chi connectivity index (χ1n) is 19.4. The van der Waals surface area contributed by atoms with Gasteiger partial charge in [0, 0.05) is 61.2 Å². The zero-order valence-electron chi connectivity index (χ0n) is 32.9. The third kappa shape index (κ3) is 10.5. The van der Waals surface area contributed by atoms with Crippen molar-refractivity contribution in [2.24, 2.45) is 4.99 Å². The molecule has 2 aliphatic heterocycles. The largest absolute Gasteiger partial charge is 0.478 e. The number of hydrogen-bond donors (Lipinski definition) is 0. The molecule has 5 rings (SSSR count). The number of ether oxygens (including phenoxy) is 3. The Bertz CT molecular complexity index is 1820. The summed E-state index contributed by atoms with van der Waals surface area (Å²) in [6.07, 6.45) is 14.7. The lowest BCUT2D eigenvalue weighted by molar-refractivity contribution is -0.136. The highest BCUT2D eigenvalue weighted by molar-refractivity contribution is 6.88. The van der Waals surface area contributed by atoms with Crippen LogP contribution in [0.15, 0.2) is 68.9 Å². The highest BCUT2D eigenvalue weighted by atomic mass is 28.5. The molecule has 5 heterocycles. The Morgan fingerprint density at radius 1 is 0.870 bits per heavy atom. The maximum atomic E-state index is 12.6. The second-order valence-corrected chi connectivity index (χ2v) is 22.0. The van der Waals surface area contributed by atoms with Gasteiger partial charge in [-0.05, 0) is 69.5 Å². The van der Waals surface area contributed by atoms with E-state index in [9.17, 15) is 9.59 Å². The molecule has 0 N–H and O–H groups in total. The monoisotopic (exact) mass is 779 g/mol. The van der Waals surface area contributed by atoms with Crippen molar-refractivity contribution >= 4 is 40.0 Å². The predicted molar refractivity (Wildman–Crippen MR) is 213 cm³/mol. The van der Waals surface area contributed by atoms with Crippen LogP contribution in [0.4, 0.5) is 0 Å². The minimum absolute atomic E-state index is 0.0145. The standard InChI is InChI=1S/C40H57N3O9Si2/c1-28(48-33(6)44)24-38(41-7)46-20-12-8-10-14-22-53-31(4)32(5)54(52-53,51-30(3)29(2)50-53)23-15-11-9-13-21-47-39-26-37-35(27-43-39)25-36(40(45)49-37)34-16-18-42-19-17-34/h16-19,24-27,29-32H,8-15,20-23H2,1-7H3/b28-24+,41-38?. The van der Waals surface area contributed by atoms with Gasteiger partial charge in [-0.3, -0.25) is 14.8 Å². The lowest BCUT2D eigenvalue weighted by atomic mass is 10.1. The number of carbonyl (C=O) groups is 1. The van der Waals surface area contributed by atoms with E-state index in [4.69, 9.17) is 31.6 Å². The van der Waals surface area contributed by atoms with Crippen molar-refractivity contribution in [3.63, 3.8) is 0 Å². The zero-order chi connectivity index (χ0) is 38.7. The van der Waals surface area contributed by atoms with Gasteiger partial charge in [0.15, 0.2) is 0 Å². The number of carbonyl (C=O) groups excluding carboxylic acids is 1. The van der Waals surface area contributed by atoms with E-state index in [0.717, 1.165) is 74.4 Å².